The van der Waals surface area contributed by atoms with Crippen LogP contribution in [0.15, 0.2) is 60.2 Å². The molecule has 0 aliphatic heterocycles. The van der Waals surface area contributed by atoms with Gasteiger partial charge in [-0.1, -0.05) is 36.4 Å². The monoisotopic (exact) mass is 284 g/mol. The Morgan fingerprint density at radius 2 is 1.55 bits per heavy atom. The zero-order valence-electron chi connectivity index (χ0n) is 12.0. The number of allylic oxidation sites excluding steroid dienone is 3. The fraction of sp³-hybridized carbons (Fsp3) is 0.0526. The van der Waals surface area contributed by atoms with Crippen molar-refractivity contribution in [3.05, 3.63) is 76.9 Å². The number of benzene rings is 2. The molecular formula is C19H12N2O. The van der Waals surface area contributed by atoms with E-state index < -0.39 is 0 Å². The van der Waals surface area contributed by atoms with Gasteiger partial charge < -0.3 is 4.74 Å². The molecule has 1 aliphatic carbocycles. The third kappa shape index (κ3) is 2.16. The average Bonchev–Trinajstić information content (AvgIpc) is 2.96. The van der Waals surface area contributed by atoms with Crippen molar-refractivity contribution in [1.29, 1.82) is 10.5 Å². The normalized spacial score (nSPS) is 12.0. The predicted molar refractivity (Wildman–Crippen MR) is 84.7 cm³/mol. The molecule has 2 aromatic rings. The van der Waals surface area contributed by atoms with Crippen LogP contribution >= 0.6 is 0 Å². The molecule has 0 N–H and O–H groups in total. The smallest absolute Gasteiger partial charge is 0.137 e. The van der Waals surface area contributed by atoms with Crippen molar-refractivity contribution in [3.8, 4) is 17.9 Å². The molecule has 0 unspecified atom stereocenters. The first-order chi connectivity index (χ1) is 10.8. The number of rotatable bonds is 2. The van der Waals surface area contributed by atoms with E-state index in [4.69, 9.17) is 15.3 Å². The van der Waals surface area contributed by atoms with E-state index in [2.05, 4.69) is 0 Å². The summed E-state index contributed by atoms with van der Waals surface area (Å²) in [6, 6.07) is 19.5. The maximum absolute atomic E-state index is 9.16. The van der Waals surface area contributed by atoms with Crippen LogP contribution < -0.4 is 4.74 Å². The molecular weight excluding hydrogens is 272 g/mol. The SMILES string of the molecule is COc1ccc(C2=CC(=C(C#N)C#N)c3ccccc32)cc1. The van der Waals surface area contributed by atoms with Crippen LogP contribution in [0.25, 0.3) is 11.1 Å². The Labute approximate surface area is 129 Å². The molecule has 104 valence electrons. The Kier molecular flexibility index (Phi) is 3.48. The Hall–Kier alpha value is -3.30. The molecule has 22 heavy (non-hydrogen) atoms. The highest BCUT2D eigenvalue weighted by Gasteiger charge is 2.21. The lowest BCUT2D eigenvalue weighted by molar-refractivity contribution is 0.415. The first-order valence-corrected chi connectivity index (χ1v) is 6.79. The molecule has 0 radical (unpaired) electrons. The maximum atomic E-state index is 9.16. The van der Waals surface area contributed by atoms with Gasteiger partial charge in [0.2, 0.25) is 0 Å². The second-order valence-electron chi connectivity index (χ2n) is 4.84. The van der Waals surface area contributed by atoms with Crippen LogP contribution in [0.5, 0.6) is 5.75 Å². The van der Waals surface area contributed by atoms with E-state index in [9.17, 15) is 0 Å². The van der Waals surface area contributed by atoms with Gasteiger partial charge in [0, 0.05) is 5.57 Å². The minimum Gasteiger partial charge on any atom is -0.497 e. The third-order valence-electron chi connectivity index (χ3n) is 3.69. The van der Waals surface area contributed by atoms with Crippen LogP contribution in [0.2, 0.25) is 0 Å². The van der Waals surface area contributed by atoms with Crippen LogP contribution in [0, 0.1) is 22.7 Å². The van der Waals surface area contributed by atoms with Crippen molar-refractivity contribution in [2.45, 2.75) is 0 Å². The molecule has 3 rings (SSSR count). The van der Waals surface area contributed by atoms with Crippen molar-refractivity contribution >= 4 is 11.1 Å². The predicted octanol–water partition coefficient (Wildman–Crippen LogP) is 3.94. The van der Waals surface area contributed by atoms with Gasteiger partial charge in [0.15, 0.2) is 0 Å². The highest BCUT2D eigenvalue weighted by Crippen LogP contribution is 2.40. The molecule has 0 saturated heterocycles. The van der Waals surface area contributed by atoms with Crippen molar-refractivity contribution in [2.24, 2.45) is 0 Å². The average molecular weight is 284 g/mol. The summed E-state index contributed by atoms with van der Waals surface area (Å²) < 4.78 is 5.18. The van der Waals surface area contributed by atoms with Crippen molar-refractivity contribution in [2.75, 3.05) is 7.11 Å². The molecule has 0 bridgehead atoms. The van der Waals surface area contributed by atoms with Crippen LogP contribution in [-0.2, 0) is 0 Å². The quantitative estimate of drug-likeness (QED) is 0.785. The van der Waals surface area contributed by atoms with E-state index in [1.807, 2.05) is 66.7 Å². The summed E-state index contributed by atoms with van der Waals surface area (Å²) in [6.07, 6.45) is 1.91. The molecule has 3 nitrogen and oxygen atoms in total. The molecule has 0 atom stereocenters. The molecule has 0 saturated carbocycles. The number of fused-ring (bicyclic) bond motifs is 1. The fourth-order valence-corrected chi connectivity index (χ4v) is 2.61. The van der Waals surface area contributed by atoms with Crippen molar-refractivity contribution < 1.29 is 4.74 Å². The van der Waals surface area contributed by atoms with Gasteiger partial charge >= 0.3 is 0 Å². The summed E-state index contributed by atoms with van der Waals surface area (Å²) in [6.45, 7) is 0. The topological polar surface area (TPSA) is 56.8 Å². The lowest BCUT2D eigenvalue weighted by Gasteiger charge is -2.06. The summed E-state index contributed by atoms with van der Waals surface area (Å²) in [4.78, 5) is 0. The lowest BCUT2D eigenvalue weighted by atomic mass is 9.98. The van der Waals surface area contributed by atoms with Crippen molar-refractivity contribution in [3.63, 3.8) is 0 Å². The van der Waals surface area contributed by atoms with E-state index in [0.29, 0.717) is 5.57 Å². The highest BCUT2D eigenvalue weighted by molar-refractivity contribution is 6.03. The van der Waals surface area contributed by atoms with E-state index in [0.717, 1.165) is 28.0 Å². The van der Waals surface area contributed by atoms with E-state index in [-0.39, 0.29) is 5.57 Å². The van der Waals surface area contributed by atoms with Gasteiger partial charge in [0.25, 0.3) is 0 Å². The summed E-state index contributed by atoms with van der Waals surface area (Å²) in [5.74, 6) is 0.793. The molecule has 3 heteroatoms. The van der Waals surface area contributed by atoms with Crippen LogP contribution in [0.1, 0.15) is 16.7 Å². The molecule has 0 spiro atoms. The molecule has 0 amide bonds. The summed E-state index contributed by atoms with van der Waals surface area (Å²) in [7, 11) is 1.63. The van der Waals surface area contributed by atoms with Gasteiger partial charge in [-0.05, 0) is 40.5 Å². The summed E-state index contributed by atoms with van der Waals surface area (Å²) >= 11 is 0. The number of ether oxygens (including phenoxy) is 1. The summed E-state index contributed by atoms with van der Waals surface area (Å²) in [5.41, 5.74) is 4.81. The van der Waals surface area contributed by atoms with E-state index in [1.165, 1.54) is 0 Å². The van der Waals surface area contributed by atoms with Crippen LogP contribution in [0.3, 0.4) is 0 Å². The second-order valence-corrected chi connectivity index (χ2v) is 4.84. The summed E-state index contributed by atoms with van der Waals surface area (Å²) in [5, 5.41) is 18.3. The number of hydrogen-bond acceptors (Lipinski definition) is 3. The lowest BCUT2D eigenvalue weighted by Crippen LogP contribution is -1.88. The van der Waals surface area contributed by atoms with Crippen LogP contribution in [0.4, 0.5) is 0 Å². The van der Waals surface area contributed by atoms with E-state index in [1.54, 1.807) is 7.11 Å². The molecule has 0 aromatic heterocycles. The zero-order chi connectivity index (χ0) is 15.5. The Morgan fingerprint density at radius 1 is 0.909 bits per heavy atom. The Balaban J connectivity index is 2.20. The molecule has 2 aromatic carbocycles. The largest absolute Gasteiger partial charge is 0.497 e. The third-order valence-corrected chi connectivity index (χ3v) is 3.69. The number of methoxy groups -OCH3 is 1. The van der Waals surface area contributed by atoms with Crippen LogP contribution in [-0.4, -0.2) is 7.11 Å². The molecule has 0 heterocycles. The second kappa shape index (κ2) is 5.60. The minimum atomic E-state index is 0.135. The molecule has 0 fully saturated rings. The molecule has 1 aliphatic rings. The maximum Gasteiger partial charge on any atom is 0.137 e. The first kappa shape index (κ1) is 13.7. The number of hydrogen-bond donors (Lipinski definition) is 0. The van der Waals surface area contributed by atoms with Gasteiger partial charge in [-0.3, -0.25) is 0 Å². The van der Waals surface area contributed by atoms with Gasteiger partial charge in [0.1, 0.15) is 23.5 Å². The minimum absolute atomic E-state index is 0.135. The fourth-order valence-electron chi connectivity index (χ4n) is 2.61. The standard InChI is InChI=1S/C19H12N2O/c1-22-15-8-6-13(7-9-15)18-10-19(14(11-20)12-21)17-5-3-2-4-16(17)18/h2-10H,1H3. The Morgan fingerprint density at radius 3 is 2.14 bits per heavy atom. The zero-order valence-corrected chi connectivity index (χ0v) is 12.0. The van der Waals surface area contributed by atoms with Gasteiger partial charge in [-0.2, -0.15) is 10.5 Å². The van der Waals surface area contributed by atoms with E-state index >= 15 is 0 Å². The van der Waals surface area contributed by atoms with Gasteiger partial charge in [-0.15, -0.1) is 0 Å². The van der Waals surface area contributed by atoms with Gasteiger partial charge in [-0.25, -0.2) is 0 Å². The first-order valence-electron chi connectivity index (χ1n) is 6.79. The van der Waals surface area contributed by atoms with Crippen molar-refractivity contribution in [1.82, 2.24) is 0 Å². The Bertz CT molecular complexity index is 859. The number of nitrogens with zero attached hydrogens (tertiary/aromatic N) is 2. The highest BCUT2D eigenvalue weighted by atomic mass is 16.5. The number of nitriles is 2. The van der Waals surface area contributed by atoms with Gasteiger partial charge in [0.05, 0.1) is 7.11 Å².